The molecule has 0 unspecified atom stereocenters. The Labute approximate surface area is 160 Å². The van der Waals surface area contributed by atoms with E-state index in [1.54, 1.807) is 13.0 Å². The van der Waals surface area contributed by atoms with Crippen molar-refractivity contribution in [1.82, 2.24) is 0 Å². The number of hydrogen-bond acceptors (Lipinski definition) is 6. The number of amides is 1. The molecule has 0 aromatic heterocycles. The van der Waals surface area contributed by atoms with Gasteiger partial charge in [-0.25, -0.2) is 4.79 Å². The van der Waals surface area contributed by atoms with Crippen molar-refractivity contribution in [2.75, 3.05) is 18.5 Å². The molecule has 27 heavy (non-hydrogen) atoms. The molecule has 0 saturated heterocycles. The van der Waals surface area contributed by atoms with Gasteiger partial charge in [-0.15, -0.1) is 0 Å². The minimum atomic E-state index is -0.754. The monoisotopic (exact) mass is 392 g/mol. The van der Waals surface area contributed by atoms with Crippen molar-refractivity contribution in [3.8, 4) is 5.75 Å². The van der Waals surface area contributed by atoms with E-state index >= 15 is 0 Å². The molecular formula is C18H17ClN2O6. The van der Waals surface area contributed by atoms with Crippen molar-refractivity contribution in [1.29, 1.82) is 0 Å². The van der Waals surface area contributed by atoms with Crippen LogP contribution < -0.4 is 10.1 Å². The van der Waals surface area contributed by atoms with Crippen LogP contribution in [0.3, 0.4) is 0 Å². The molecule has 0 aliphatic rings. The van der Waals surface area contributed by atoms with E-state index in [0.717, 1.165) is 11.1 Å². The number of hydrogen-bond donors (Lipinski definition) is 1. The third kappa shape index (κ3) is 5.96. The Bertz CT molecular complexity index is 844. The van der Waals surface area contributed by atoms with Crippen molar-refractivity contribution in [3.05, 3.63) is 62.7 Å². The fraction of sp³-hybridized carbons (Fsp3) is 0.222. The number of nitro benzene ring substituents is 1. The zero-order chi connectivity index (χ0) is 20.0. The highest BCUT2D eigenvalue weighted by Crippen LogP contribution is 2.27. The van der Waals surface area contributed by atoms with Crippen molar-refractivity contribution < 1.29 is 24.0 Å². The zero-order valence-electron chi connectivity index (χ0n) is 14.7. The molecular weight excluding hydrogens is 376 g/mol. The fourth-order valence-corrected chi connectivity index (χ4v) is 2.61. The van der Waals surface area contributed by atoms with Crippen molar-refractivity contribution in [3.63, 3.8) is 0 Å². The molecule has 8 nitrogen and oxygen atoms in total. The number of benzene rings is 2. The summed E-state index contributed by atoms with van der Waals surface area (Å²) in [6.45, 7) is 2.76. The van der Waals surface area contributed by atoms with Crippen LogP contribution in [0, 0.1) is 24.0 Å². The van der Waals surface area contributed by atoms with Gasteiger partial charge in [-0.2, -0.15) is 0 Å². The van der Waals surface area contributed by atoms with Gasteiger partial charge in [0.05, 0.1) is 15.6 Å². The Morgan fingerprint density at radius 1 is 1.15 bits per heavy atom. The van der Waals surface area contributed by atoms with Gasteiger partial charge in [-0.3, -0.25) is 14.9 Å². The predicted molar refractivity (Wildman–Crippen MR) is 99.1 cm³/mol. The predicted octanol–water partition coefficient (Wildman–Crippen LogP) is 3.43. The highest BCUT2D eigenvalue weighted by molar-refractivity contribution is 6.34. The number of carbonyl (C=O) groups excluding carboxylic acids is 2. The Kier molecular flexibility index (Phi) is 6.73. The van der Waals surface area contributed by atoms with Crippen molar-refractivity contribution in [2.24, 2.45) is 0 Å². The lowest BCUT2D eigenvalue weighted by atomic mass is 10.1. The van der Waals surface area contributed by atoms with Gasteiger partial charge in [0.15, 0.2) is 13.2 Å². The molecule has 142 valence electrons. The molecule has 0 spiro atoms. The molecule has 2 aromatic carbocycles. The third-order valence-corrected chi connectivity index (χ3v) is 3.76. The summed E-state index contributed by atoms with van der Waals surface area (Å²) >= 11 is 6.11. The molecule has 0 bridgehead atoms. The summed E-state index contributed by atoms with van der Waals surface area (Å²) in [5.41, 5.74) is 2.13. The first-order valence-corrected chi connectivity index (χ1v) is 8.23. The molecule has 2 aromatic rings. The maximum Gasteiger partial charge on any atom is 0.344 e. The number of rotatable bonds is 7. The Balaban J connectivity index is 1.80. The summed E-state index contributed by atoms with van der Waals surface area (Å²) in [7, 11) is 0. The van der Waals surface area contributed by atoms with Crippen LogP contribution in [0.5, 0.6) is 5.75 Å². The summed E-state index contributed by atoms with van der Waals surface area (Å²) in [6.07, 6.45) is 0. The Morgan fingerprint density at radius 2 is 1.81 bits per heavy atom. The summed E-state index contributed by atoms with van der Waals surface area (Å²) < 4.78 is 9.99. The van der Waals surface area contributed by atoms with Crippen LogP contribution in [0.25, 0.3) is 0 Å². The quantitative estimate of drug-likeness (QED) is 0.439. The second-order valence-electron chi connectivity index (χ2n) is 5.69. The zero-order valence-corrected chi connectivity index (χ0v) is 15.4. The van der Waals surface area contributed by atoms with Gasteiger partial charge in [-0.05, 0) is 43.2 Å². The van der Waals surface area contributed by atoms with E-state index in [0.29, 0.717) is 10.7 Å². The first-order valence-electron chi connectivity index (χ1n) is 7.85. The van der Waals surface area contributed by atoms with E-state index in [1.165, 1.54) is 24.3 Å². The lowest BCUT2D eigenvalue weighted by molar-refractivity contribution is -0.384. The number of anilines is 1. The molecule has 0 fully saturated rings. The molecule has 2 rings (SSSR count). The second kappa shape index (κ2) is 9.00. The number of carbonyl (C=O) groups is 2. The minimum absolute atomic E-state index is 0.0911. The van der Waals surface area contributed by atoms with Crippen LogP contribution in [0.15, 0.2) is 36.4 Å². The highest BCUT2D eigenvalue weighted by atomic mass is 35.5. The molecule has 0 heterocycles. The Morgan fingerprint density at radius 3 is 2.41 bits per heavy atom. The smallest absolute Gasteiger partial charge is 0.344 e. The largest absolute Gasteiger partial charge is 0.482 e. The summed E-state index contributed by atoms with van der Waals surface area (Å²) in [5, 5.41) is 13.6. The van der Waals surface area contributed by atoms with Crippen LogP contribution in [0.4, 0.5) is 11.4 Å². The van der Waals surface area contributed by atoms with Gasteiger partial charge in [0, 0.05) is 12.1 Å². The average molecular weight is 393 g/mol. The average Bonchev–Trinajstić information content (AvgIpc) is 2.61. The van der Waals surface area contributed by atoms with Gasteiger partial charge in [-0.1, -0.05) is 17.7 Å². The SMILES string of the molecule is Cc1cc(C)c(NC(=O)COC(=O)COc2ccc([N+](=O)[O-])cc2)c(Cl)c1. The number of halogens is 1. The molecule has 0 aliphatic heterocycles. The highest BCUT2D eigenvalue weighted by Gasteiger charge is 2.13. The topological polar surface area (TPSA) is 108 Å². The number of nitrogens with zero attached hydrogens (tertiary/aromatic N) is 1. The van der Waals surface area contributed by atoms with Crippen LogP contribution in [0.2, 0.25) is 5.02 Å². The normalized spacial score (nSPS) is 10.2. The van der Waals surface area contributed by atoms with Crippen molar-refractivity contribution >= 4 is 34.9 Å². The van der Waals surface area contributed by atoms with Crippen LogP contribution in [-0.2, 0) is 14.3 Å². The van der Waals surface area contributed by atoms with Gasteiger partial charge in [0.25, 0.3) is 11.6 Å². The van der Waals surface area contributed by atoms with Crippen LogP contribution in [-0.4, -0.2) is 30.0 Å². The maximum atomic E-state index is 11.9. The number of aryl methyl sites for hydroxylation is 2. The van der Waals surface area contributed by atoms with Gasteiger partial charge < -0.3 is 14.8 Å². The van der Waals surface area contributed by atoms with Crippen LogP contribution in [0.1, 0.15) is 11.1 Å². The van der Waals surface area contributed by atoms with E-state index in [-0.39, 0.29) is 11.4 Å². The lowest BCUT2D eigenvalue weighted by Crippen LogP contribution is -2.24. The second-order valence-corrected chi connectivity index (χ2v) is 6.09. The third-order valence-electron chi connectivity index (χ3n) is 3.46. The van der Waals surface area contributed by atoms with Gasteiger partial charge in [0.1, 0.15) is 5.75 Å². The van der Waals surface area contributed by atoms with E-state index in [2.05, 4.69) is 5.32 Å². The van der Waals surface area contributed by atoms with Crippen LogP contribution >= 0.6 is 11.6 Å². The molecule has 9 heteroatoms. The summed E-state index contributed by atoms with van der Waals surface area (Å²) in [5.74, 6) is -1.02. The summed E-state index contributed by atoms with van der Waals surface area (Å²) in [4.78, 5) is 33.6. The number of nitrogens with one attached hydrogen (secondary N) is 1. The Hall–Kier alpha value is -3.13. The van der Waals surface area contributed by atoms with Gasteiger partial charge >= 0.3 is 5.97 Å². The maximum absolute atomic E-state index is 11.9. The first kappa shape index (κ1) is 20.2. The molecule has 1 amide bonds. The van der Waals surface area contributed by atoms with E-state index in [1.807, 2.05) is 13.0 Å². The molecule has 0 atom stereocenters. The number of non-ortho nitro benzene ring substituents is 1. The standard InChI is InChI=1S/C18H17ClN2O6/c1-11-7-12(2)18(15(19)8-11)20-16(22)9-27-17(23)10-26-14-5-3-13(4-6-14)21(24)25/h3-8H,9-10H2,1-2H3,(H,20,22). The number of ether oxygens (including phenoxy) is 2. The van der Waals surface area contributed by atoms with E-state index < -0.39 is 30.0 Å². The van der Waals surface area contributed by atoms with E-state index in [9.17, 15) is 19.7 Å². The number of nitro groups is 1. The number of esters is 1. The lowest BCUT2D eigenvalue weighted by Gasteiger charge is -2.12. The molecule has 1 N–H and O–H groups in total. The van der Waals surface area contributed by atoms with Crippen molar-refractivity contribution in [2.45, 2.75) is 13.8 Å². The van der Waals surface area contributed by atoms with E-state index in [4.69, 9.17) is 21.1 Å². The fourth-order valence-electron chi connectivity index (χ4n) is 2.24. The molecule has 0 aliphatic carbocycles. The molecule has 0 radical (unpaired) electrons. The molecule has 0 saturated carbocycles. The van der Waals surface area contributed by atoms with Gasteiger partial charge in [0.2, 0.25) is 0 Å². The first-order chi connectivity index (χ1) is 12.8. The minimum Gasteiger partial charge on any atom is -0.482 e. The summed E-state index contributed by atoms with van der Waals surface area (Å²) in [6, 6.07) is 8.81.